The van der Waals surface area contributed by atoms with Gasteiger partial charge in [0.25, 0.3) is 0 Å². The lowest BCUT2D eigenvalue weighted by Crippen LogP contribution is -2.32. The predicted octanol–water partition coefficient (Wildman–Crippen LogP) is 2.14. The number of halogens is 2. The van der Waals surface area contributed by atoms with Crippen LogP contribution in [0.1, 0.15) is 23.6 Å². The van der Waals surface area contributed by atoms with Gasteiger partial charge in [-0.1, -0.05) is 11.6 Å². The van der Waals surface area contributed by atoms with Crippen molar-refractivity contribution < 1.29 is 14.3 Å². The van der Waals surface area contributed by atoms with Gasteiger partial charge in [0, 0.05) is 16.6 Å². The summed E-state index contributed by atoms with van der Waals surface area (Å²) in [7, 11) is 0. The van der Waals surface area contributed by atoms with E-state index in [9.17, 15) is 9.18 Å². The monoisotopic (exact) mass is 243 g/mol. The minimum atomic E-state index is -0.954. The van der Waals surface area contributed by atoms with Crippen molar-refractivity contribution in [1.29, 1.82) is 0 Å². The van der Waals surface area contributed by atoms with Crippen LogP contribution in [0.3, 0.4) is 0 Å². The molecule has 86 valence electrons. The van der Waals surface area contributed by atoms with Crippen LogP contribution >= 0.6 is 11.6 Å². The van der Waals surface area contributed by atoms with Crippen LogP contribution in [0.4, 0.5) is 4.39 Å². The molecule has 5 heteroatoms. The van der Waals surface area contributed by atoms with Crippen LogP contribution in [-0.4, -0.2) is 17.6 Å². The number of fused-ring (bicyclic) bond motifs is 1. The zero-order valence-electron chi connectivity index (χ0n) is 8.46. The summed E-state index contributed by atoms with van der Waals surface area (Å²) in [5.74, 6) is -1.34. The van der Waals surface area contributed by atoms with Crippen molar-refractivity contribution in [3.63, 3.8) is 0 Å². The van der Waals surface area contributed by atoms with E-state index in [1.54, 1.807) is 0 Å². The largest absolute Gasteiger partial charge is 0.481 e. The fourth-order valence-corrected chi connectivity index (χ4v) is 2.32. The van der Waals surface area contributed by atoms with E-state index < -0.39 is 17.8 Å². The van der Waals surface area contributed by atoms with Gasteiger partial charge >= 0.3 is 5.97 Å². The first kappa shape index (κ1) is 11.4. The minimum Gasteiger partial charge on any atom is -0.481 e. The molecule has 2 rings (SSSR count). The Labute approximate surface area is 97.2 Å². The van der Waals surface area contributed by atoms with Gasteiger partial charge in [-0.2, -0.15) is 0 Å². The zero-order valence-corrected chi connectivity index (χ0v) is 9.22. The maximum Gasteiger partial charge on any atom is 0.305 e. The lowest BCUT2D eigenvalue weighted by atomic mass is 9.92. The van der Waals surface area contributed by atoms with Crippen LogP contribution in [0.25, 0.3) is 0 Å². The Kier molecular flexibility index (Phi) is 3.12. The quantitative estimate of drug-likeness (QED) is 0.837. The van der Waals surface area contributed by atoms with Crippen molar-refractivity contribution >= 4 is 17.6 Å². The molecule has 0 bridgehead atoms. The van der Waals surface area contributed by atoms with Gasteiger partial charge in [0.15, 0.2) is 0 Å². The Balaban J connectivity index is 2.44. The molecule has 1 atom stereocenters. The van der Waals surface area contributed by atoms with E-state index in [-0.39, 0.29) is 6.42 Å². The van der Waals surface area contributed by atoms with Gasteiger partial charge in [0.05, 0.1) is 6.42 Å². The molecular formula is C11H11ClFNO2. The summed E-state index contributed by atoms with van der Waals surface area (Å²) in [6.45, 7) is 0.619. The Hall–Kier alpha value is -1.13. The molecule has 1 heterocycles. The number of hydrogen-bond donors (Lipinski definition) is 2. The number of carbonyl (C=O) groups is 1. The lowest BCUT2D eigenvalue weighted by molar-refractivity contribution is -0.137. The number of hydrogen-bond acceptors (Lipinski definition) is 2. The van der Waals surface area contributed by atoms with Gasteiger partial charge in [-0.25, -0.2) is 4.39 Å². The third-order valence-electron chi connectivity index (χ3n) is 2.74. The number of carboxylic acid groups (broad SMARTS) is 1. The highest BCUT2D eigenvalue weighted by molar-refractivity contribution is 6.31. The number of benzene rings is 1. The maximum atomic E-state index is 13.7. The van der Waals surface area contributed by atoms with E-state index in [1.165, 1.54) is 12.1 Å². The minimum absolute atomic E-state index is 0.135. The molecule has 1 unspecified atom stereocenters. The Morgan fingerprint density at radius 3 is 3.06 bits per heavy atom. The smallest absolute Gasteiger partial charge is 0.305 e. The Bertz CT molecular complexity index is 436. The first-order valence-electron chi connectivity index (χ1n) is 5.01. The average Bonchev–Trinajstić information content (AvgIpc) is 2.23. The molecule has 0 saturated heterocycles. The third kappa shape index (κ3) is 2.03. The first-order valence-corrected chi connectivity index (χ1v) is 5.39. The van der Waals surface area contributed by atoms with Crippen molar-refractivity contribution in [1.82, 2.24) is 5.32 Å². The molecule has 0 aromatic heterocycles. The Morgan fingerprint density at radius 1 is 1.62 bits per heavy atom. The summed E-state index contributed by atoms with van der Waals surface area (Å²) in [6, 6.07) is 2.31. The average molecular weight is 244 g/mol. The maximum absolute atomic E-state index is 13.7. The topological polar surface area (TPSA) is 49.3 Å². The van der Waals surface area contributed by atoms with E-state index in [0.717, 1.165) is 5.56 Å². The van der Waals surface area contributed by atoms with Gasteiger partial charge < -0.3 is 10.4 Å². The molecule has 1 aliphatic rings. The van der Waals surface area contributed by atoms with Crippen LogP contribution in [0.2, 0.25) is 5.02 Å². The molecular weight excluding hydrogens is 233 g/mol. The predicted molar refractivity (Wildman–Crippen MR) is 58.1 cm³/mol. The number of nitrogens with one attached hydrogen (secondary N) is 1. The van der Waals surface area contributed by atoms with Crippen molar-refractivity contribution in [2.45, 2.75) is 18.9 Å². The van der Waals surface area contributed by atoms with Gasteiger partial charge in [-0.15, -0.1) is 0 Å². The molecule has 0 fully saturated rings. The van der Waals surface area contributed by atoms with E-state index in [1.807, 2.05) is 0 Å². The summed E-state index contributed by atoms with van der Waals surface area (Å²) in [5, 5.41) is 12.3. The van der Waals surface area contributed by atoms with Crippen LogP contribution in [0.5, 0.6) is 0 Å². The van der Waals surface area contributed by atoms with E-state index >= 15 is 0 Å². The summed E-state index contributed by atoms with van der Waals surface area (Å²) >= 11 is 5.97. The summed E-state index contributed by atoms with van der Waals surface area (Å²) in [6.07, 6.45) is 0.492. The second-order valence-corrected chi connectivity index (χ2v) is 4.18. The first-order chi connectivity index (χ1) is 7.59. The number of aliphatic carboxylic acids is 1. The molecule has 1 aromatic rings. The van der Waals surface area contributed by atoms with E-state index in [4.69, 9.17) is 16.7 Å². The van der Waals surface area contributed by atoms with E-state index in [0.29, 0.717) is 23.6 Å². The van der Waals surface area contributed by atoms with Crippen molar-refractivity contribution in [2.24, 2.45) is 0 Å². The summed E-state index contributed by atoms with van der Waals surface area (Å²) in [5.41, 5.74) is 1.13. The number of carboxylic acids is 1. The van der Waals surface area contributed by atoms with E-state index in [2.05, 4.69) is 5.32 Å². The second kappa shape index (κ2) is 4.39. The molecule has 2 N–H and O–H groups in total. The molecule has 16 heavy (non-hydrogen) atoms. The van der Waals surface area contributed by atoms with Crippen LogP contribution < -0.4 is 5.32 Å². The van der Waals surface area contributed by atoms with Crippen LogP contribution in [0.15, 0.2) is 12.1 Å². The van der Waals surface area contributed by atoms with Gasteiger partial charge in [-0.05, 0) is 30.7 Å². The fraction of sp³-hybridized carbons (Fsp3) is 0.364. The van der Waals surface area contributed by atoms with Gasteiger partial charge in [0.1, 0.15) is 5.82 Å². The molecule has 1 aromatic carbocycles. The fourth-order valence-electron chi connectivity index (χ4n) is 2.06. The van der Waals surface area contributed by atoms with Crippen molar-refractivity contribution in [2.75, 3.05) is 6.54 Å². The lowest BCUT2D eigenvalue weighted by Gasteiger charge is -2.27. The highest BCUT2D eigenvalue weighted by atomic mass is 35.5. The SMILES string of the molecule is O=C(O)CC1NCCc2c(Cl)ccc(F)c21. The van der Waals surface area contributed by atoms with Gasteiger partial charge in [0.2, 0.25) is 0 Å². The van der Waals surface area contributed by atoms with Gasteiger partial charge in [-0.3, -0.25) is 4.79 Å². The standard InChI is InChI=1S/C11H11ClFNO2/c12-7-1-2-8(13)11-6(7)3-4-14-9(11)5-10(15)16/h1-2,9,14H,3-5H2,(H,15,16). The summed E-state index contributed by atoms with van der Waals surface area (Å²) < 4.78 is 13.7. The molecule has 0 spiro atoms. The number of rotatable bonds is 2. The Morgan fingerprint density at radius 2 is 2.38 bits per heavy atom. The highest BCUT2D eigenvalue weighted by Crippen LogP contribution is 2.32. The molecule has 0 amide bonds. The van der Waals surface area contributed by atoms with Crippen molar-refractivity contribution in [3.8, 4) is 0 Å². The zero-order chi connectivity index (χ0) is 11.7. The van der Waals surface area contributed by atoms with Crippen LogP contribution in [-0.2, 0) is 11.2 Å². The molecule has 3 nitrogen and oxygen atoms in total. The van der Waals surface area contributed by atoms with Crippen molar-refractivity contribution in [3.05, 3.63) is 34.1 Å². The molecule has 0 radical (unpaired) electrons. The highest BCUT2D eigenvalue weighted by Gasteiger charge is 2.26. The van der Waals surface area contributed by atoms with Crippen LogP contribution in [0, 0.1) is 5.82 Å². The summed E-state index contributed by atoms with van der Waals surface area (Å²) in [4.78, 5) is 10.7. The molecule has 0 aliphatic carbocycles. The molecule has 1 aliphatic heterocycles. The third-order valence-corrected chi connectivity index (χ3v) is 3.09. The molecule has 0 saturated carbocycles. The second-order valence-electron chi connectivity index (χ2n) is 3.78. The normalized spacial score (nSPS) is 19.2.